The third-order valence-corrected chi connectivity index (χ3v) is 2.87. The summed E-state index contributed by atoms with van der Waals surface area (Å²) >= 11 is 0. The Balaban J connectivity index is 1.90. The number of rotatable bonds is 5. The first kappa shape index (κ1) is 14.7. The smallest absolute Gasteiger partial charge is 0.262 e. The van der Waals surface area contributed by atoms with Crippen molar-refractivity contribution in [1.82, 2.24) is 0 Å². The summed E-state index contributed by atoms with van der Waals surface area (Å²) in [6, 6.07) is 12.6. The molecule has 110 valence electrons. The number of anilines is 2. The second-order valence-electron chi connectivity index (χ2n) is 4.61. The van der Waals surface area contributed by atoms with Gasteiger partial charge in [-0.05, 0) is 36.8 Å². The molecule has 2 aromatic carbocycles. The third-order valence-electron chi connectivity index (χ3n) is 2.87. The van der Waals surface area contributed by atoms with Crippen LogP contribution in [0.2, 0.25) is 0 Å². The predicted molar refractivity (Wildman–Crippen MR) is 82.7 cm³/mol. The Bertz CT molecular complexity index is 641. The van der Waals surface area contributed by atoms with Crippen molar-refractivity contribution in [3.05, 3.63) is 48.0 Å². The molecular formula is C16H18N2O3. The van der Waals surface area contributed by atoms with E-state index in [1.165, 1.54) is 0 Å². The van der Waals surface area contributed by atoms with Gasteiger partial charge >= 0.3 is 0 Å². The van der Waals surface area contributed by atoms with Crippen molar-refractivity contribution in [2.45, 2.75) is 6.92 Å². The number of aryl methyl sites for hydroxylation is 1. The molecule has 0 aromatic heterocycles. The van der Waals surface area contributed by atoms with Gasteiger partial charge in [-0.3, -0.25) is 4.79 Å². The monoisotopic (exact) mass is 286 g/mol. The Morgan fingerprint density at radius 2 is 2.05 bits per heavy atom. The lowest BCUT2D eigenvalue weighted by Crippen LogP contribution is -2.20. The molecule has 1 amide bonds. The average molecular weight is 286 g/mol. The highest BCUT2D eigenvalue weighted by molar-refractivity contribution is 5.91. The maximum atomic E-state index is 11.8. The molecular weight excluding hydrogens is 268 g/mol. The number of benzene rings is 2. The molecule has 0 fully saturated rings. The van der Waals surface area contributed by atoms with Gasteiger partial charge in [0.15, 0.2) is 6.61 Å². The number of methoxy groups -OCH3 is 1. The molecule has 2 aromatic rings. The van der Waals surface area contributed by atoms with Crippen molar-refractivity contribution in [2.75, 3.05) is 24.8 Å². The summed E-state index contributed by atoms with van der Waals surface area (Å²) < 4.78 is 10.5. The van der Waals surface area contributed by atoms with E-state index in [1.807, 2.05) is 31.2 Å². The van der Waals surface area contributed by atoms with E-state index in [2.05, 4.69) is 5.32 Å². The van der Waals surface area contributed by atoms with E-state index in [0.717, 1.165) is 11.3 Å². The molecule has 0 heterocycles. The van der Waals surface area contributed by atoms with Gasteiger partial charge in [-0.2, -0.15) is 0 Å². The number of ether oxygens (including phenoxy) is 2. The fraction of sp³-hybridized carbons (Fsp3) is 0.188. The Labute approximate surface area is 123 Å². The molecule has 3 N–H and O–H groups in total. The molecule has 5 nitrogen and oxygen atoms in total. The summed E-state index contributed by atoms with van der Waals surface area (Å²) in [6.45, 7) is 1.88. The molecule has 0 saturated carbocycles. The van der Waals surface area contributed by atoms with Crippen molar-refractivity contribution in [2.24, 2.45) is 0 Å². The first-order chi connectivity index (χ1) is 10.1. The molecule has 0 atom stereocenters. The first-order valence-electron chi connectivity index (χ1n) is 6.51. The van der Waals surface area contributed by atoms with Crippen LogP contribution in [-0.4, -0.2) is 19.6 Å². The SMILES string of the molecule is COc1ccc(OCC(=O)Nc2cccc(C)c2)cc1N. The number of amides is 1. The zero-order valence-electron chi connectivity index (χ0n) is 12.1. The zero-order valence-corrected chi connectivity index (χ0v) is 12.1. The summed E-state index contributed by atoms with van der Waals surface area (Å²) in [5.41, 5.74) is 8.07. The summed E-state index contributed by atoms with van der Waals surface area (Å²) in [7, 11) is 1.54. The van der Waals surface area contributed by atoms with E-state index in [-0.39, 0.29) is 12.5 Å². The minimum absolute atomic E-state index is 0.0836. The van der Waals surface area contributed by atoms with E-state index in [4.69, 9.17) is 15.2 Å². The fourth-order valence-corrected chi connectivity index (χ4v) is 1.87. The van der Waals surface area contributed by atoms with Crippen LogP contribution in [0.5, 0.6) is 11.5 Å². The number of nitrogens with one attached hydrogen (secondary N) is 1. The minimum Gasteiger partial charge on any atom is -0.495 e. The predicted octanol–water partition coefficient (Wildman–Crippen LogP) is 2.60. The van der Waals surface area contributed by atoms with Crippen LogP contribution in [0.25, 0.3) is 0 Å². The number of nitrogens with two attached hydrogens (primary N) is 1. The number of carbonyl (C=O) groups excluding carboxylic acids is 1. The standard InChI is InChI=1S/C16H18N2O3/c1-11-4-3-5-12(8-11)18-16(19)10-21-13-6-7-15(20-2)14(17)9-13/h3-9H,10,17H2,1-2H3,(H,18,19). The lowest BCUT2D eigenvalue weighted by molar-refractivity contribution is -0.118. The van der Waals surface area contributed by atoms with Crippen molar-refractivity contribution in [3.8, 4) is 11.5 Å². The first-order valence-corrected chi connectivity index (χ1v) is 6.51. The van der Waals surface area contributed by atoms with E-state index in [9.17, 15) is 4.79 Å². The van der Waals surface area contributed by atoms with Crippen molar-refractivity contribution >= 4 is 17.3 Å². The minimum atomic E-state index is -0.227. The van der Waals surface area contributed by atoms with Gasteiger partial charge in [0.2, 0.25) is 0 Å². The highest BCUT2D eigenvalue weighted by Crippen LogP contribution is 2.25. The molecule has 0 saturated heterocycles. The zero-order chi connectivity index (χ0) is 15.2. The van der Waals surface area contributed by atoms with Gasteiger partial charge in [-0.1, -0.05) is 12.1 Å². The molecule has 0 spiro atoms. The van der Waals surface area contributed by atoms with Gasteiger partial charge in [0.05, 0.1) is 12.8 Å². The van der Waals surface area contributed by atoms with Gasteiger partial charge in [0.1, 0.15) is 11.5 Å². The highest BCUT2D eigenvalue weighted by Gasteiger charge is 2.06. The number of carbonyl (C=O) groups is 1. The van der Waals surface area contributed by atoms with Crippen LogP contribution >= 0.6 is 0 Å². The summed E-state index contributed by atoms with van der Waals surface area (Å²) in [5.74, 6) is 0.870. The second-order valence-corrected chi connectivity index (χ2v) is 4.61. The van der Waals surface area contributed by atoms with Crippen LogP contribution in [-0.2, 0) is 4.79 Å². The fourth-order valence-electron chi connectivity index (χ4n) is 1.87. The molecule has 2 rings (SSSR count). The van der Waals surface area contributed by atoms with Crippen LogP contribution in [0.3, 0.4) is 0 Å². The molecule has 0 radical (unpaired) electrons. The summed E-state index contributed by atoms with van der Waals surface area (Å²) in [5, 5.41) is 2.77. The van der Waals surface area contributed by atoms with Gasteiger partial charge in [0.25, 0.3) is 5.91 Å². The normalized spacial score (nSPS) is 10.0. The topological polar surface area (TPSA) is 73.6 Å². The van der Waals surface area contributed by atoms with E-state index < -0.39 is 0 Å². The maximum absolute atomic E-state index is 11.8. The summed E-state index contributed by atoms with van der Waals surface area (Å²) in [6.07, 6.45) is 0. The quantitative estimate of drug-likeness (QED) is 0.829. The highest BCUT2D eigenvalue weighted by atomic mass is 16.5. The largest absolute Gasteiger partial charge is 0.495 e. The van der Waals surface area contributed by atoms with Gasteiger partial charge in [-0.25, -0.2) is 0 Å². The van der Waals surface area contributed by atoms with Crippen LogP contribution in [0.15, 0.2) is 42.5 Å². The third kappa shape index (κ3) is 4.14. The van der Waals surface area contributed by atoms with E-state index in [1.54, 1.807) is 25.3 Å². The maximum Gasteiger partial charge on any atom is 0.262 e. The number of nitrogen functional groups attached to an aromatic ring is 1. The Kier molecular flexibility index (Phi) is 4.66. The molecule has 0 aliphatic carbocycles. The van der Waals surface area contributed by atoms with Crippen LogP contribution in [0.1, 0.15) is 5.56 Å². The lowest BCUT2D eigenvalue weighted by atomic mass is 10.2. The van der Waals surface area contributed by atoms with Crippen LogP contribution in [0.4, 0.5) is 11.4 Å². The Morgan fingerprint density at radius 1 is 1.24 bits per heavy atom. The molecule has 0 aliphatic heterocycles. The van der Waals surface area contributed by atoms with Gasteiger partial charge in [0, 0.05) is 11.8 Å². The Hall–Kier alpha value is -2.69. The molecule has 21 heavy (non-hydrogen) atoms. The van der Waals surface area contributed by atoms with Crippen molar-refractivity contribution in [3.63, 3.8) is 0 Å². The molecule has 0 bridgehead atoms. The lowest BCUT2D eigenvalue weighted by Gasteiger charge is -2.10. The molecule has 5 heteroatoms. The summed E-state index contributed by atoms with van der Waals surface area (Å²) in [4.78, 5) is 11.8. The van der Waals surface area contributed by atoms with Gasteiger partial charge < -0.3 is 20.5 Å². The van der Waals surface area contributed by atoms with Gasteiger partial charge in [-0.15, -0.1) is 0 Å². The van der Waals surface area contributed by atoms with Crippen molar-refractivity contribution in [1.29, 1.82) is 0 Å². The van der Waals surface area contributed by atoms with E-state index in [0.29, 0.717) is 17.2 Å². The number of hydrogen-bond donors (Lipinski definition) is 2. The molecule has 0 aliphatic rings. The average Bonchev–Trinajstić information content (AvgIpc) is 2.45. The Morgan fingerprint density at radius 3 is 2.71 bits per heavy atom. The van der Waals surface area contributed by atoms with Crippen molar-refractivity contribution < 1.29 is 14.3 Å². The number of hydrogen-bond acceptors (Lipinski definition) is 4. The van der Waals surface area contributed by atoms with E-state index >= 15 is 0 Å². The second kappa shape index (κ2) is 6.65. The molecule has 0 unspecified atom stereocenters. The van der Waals surface area contributed by atoms with Crippen LogP contribution in [0, 0.1) is 6.92 Å². The van der Waals surface area contributed by atoms with Crippen LogP contribution < -0.4 is 20.5 Å².